The smallest absolute Gasteiger partial charge is 0.310 e. The monoisotopic (exact) mass is 437 g/mol. The van der Waals surface area contributed by atoms with Crippen LogP contribution >= 0.6 is 0 Å². The Morgan fingerprint density at radius 1 is 1.22 bits per heavy atom. The predicted molar refractivity (Wildman–Crippen MR) is 118 cm³/mol. The van der Waals surface area contributed by atoms with E-state index in [1.165, 1.54) is 17.1 Å². The SMILES string of the molecule is CCOC(=O)C1CCCN(C(=O)CCn2cnc3c(cnn3-c3ccc(C)cc3)c2=O)C1. The van der Waals surface area contributed by atoms with Gasteiger partial charge in [0.1, 0.15) is 5.39 Å². The highest BCUT2D eigenvalue weighted by atomic mass is 16.5. The average molecular weight is 438 g/mol. The number of likely N-dealkylation sites (tertiary alicyclic amines) is 1. The number of hydrogen-bond donors (Lipinski definition) is 0. The second kappa shape index (κ2) is 9.33. The number of benzene rings is 1. The summed E-state index contributed by atoms with van der Waals surface area (Å²) >= 11 is 0. The van der Waals surface area contributed by atoms with Gasteiger partial charge in [-0.3, -0.25) is 19.0 Å². The zero-order valence-corrected chi connectivity index (χ0v) is 18.4. The van der Waals surface area contributed by atoms with Crippen LogP contribution in [0.4, 0.5) is 0 Å². The molecule has 0 N–H and O–H groups in total. The third kappa shape index (κ3) is 4.42. The number of rotatable bonds is 6. The molecule has 1 fully saturated rings. The van der Waals surface area contributed by atoms with Crippen LogP contribution in [-0.4, -0.2) is 55.8 Å². The molecule has 1 saturated heterocycles. The lowest BCUT2D eigenvalue weighted by molar-refractivity contribution is -0.151. The lowest BCUT2D eigenvalue weighted by atomic mass is 9.98. The van der Waals surface area contributed by atoms with Crippen LogP contribution in [0.1, 0.15) is 31.7 Å². The van der Waals surface area contributed by atoms with Crippen LogP contribution in [0.3, 0.4) is 0 Å². The number of aryl methyl sites for hydroxylation is 2. The number of ether oxygens (including phenoxy) is 1. The number of esters is 1. The topological polar surface area (TPSA) is 99.3 Å². The van der Waals surface area contributed by atoms with Crippen molar-refractivity contribution < 1.29 is 14.3 Å². The molecule has 3 aromatic rings. The van der Waals surface area contributed by atoms with Crippen LogP contribution in [0.15, 0.2) is 41.6 Å². The summed E-state index contributed by atoms with van der Waals surface area (Å²) in [6.45, 7) is 5.32. The van der Waals surface area contributed by atoms with Gasteiger partial charge in [-0.25, -0.2) is 9.67 Å². The number of hydrogen-bond acceptors (Lipinski definition) is 6. The van der Waals surface area contributed by atoms with Gasteiger partial charge in [0.15, 0.2) is 5.65 Å². The van der Waals surface area contributed by atoms with Crippen molar-refractivity contribution in [1.29, 1.82) is 0 Å². The summed E-state index contributed by atoms with van der Waals surface area (Å²) in [5.74, 6) is -0.608. The molecule has 168 valence electrons. The molecule has 0 bridgehead atoms. The van der Waals surface area contributed by atoms with E-state index in [9.17, 15) is 14.4 Å². The van der Waals surface area contributed by atoms with E-state index in [-0.39, 0.29) is 36.3 Å². The first-order valence-electron chi connectivity index (χ1n) is 10.9. The summed E-state index contributed by atoms with van der Waals surface area (Å²) in [6.07, 6.45) is 4.63. The maximum atomic E-state index is 12.9. The summed E-state index contributed by atoms with van der Waals surface area (Å²) in [5, 5.41) is 4.73. The third-order valence-corrected chi connectivity index (χ3v) is 5.79. The minimum absolute atomic E-state index is 0.0821. The molecule has 0 spiro atoms. The highest BCUT2D eigenvalue weighted by Crippen LogP contribution is 2.19. The van der Waals surface area contributed by atoms with Gasteiger partial charge in [-0.05, 0) is 38.8 Å². The Kier molecular flexibility index (Phi) is 6.34. The van der Waals surface area contributed by atoms with E-state index in [2.05, 4.69) is 10.1 Å². The van der Waals surface area contributed by atoms with Crippen molar-refractivity contribution in [2.24, 2.45) is 5.92 Å². The summed E-state index contributed by atoms with van der Waals surface area (Å²) in [7, 11) is 0. The molecule has 0 saturated carbocycles. The summed E-state index contributed by atoms with van der Waals surface area (Å²) in [4.78, 5) is 43.8. The van der Waals surface area contributed by atoms with E-state index in [0.717, 1.165) is 24.1 Å². The van der Waals surface area contributed by atoms with Crippen LogP contribution in [0.5, 0.6) is 0 Å². The Morgan fingerprint density at radius 3 is 2.75 bits per heavy atom. The second-order valence-electron chi connectivity index (χ2n) is 8.05. The van der Waals surface area contributed by atoms with Gasteiger partial charge >= 0.3 is 5.97 Å². The van der Waals surface area contributed by atoms with Crippen LogP contribution < -0.4 is 5.56 Å². The summed E-state index contributed by atoms with van der Waals surface area (Å²) < 4.78 is 8.17. The average Bonchev–Trinajstić information content (AvgIpc) is 3.24. The molecule has 3 heterocycles. The van der Waals surface area contributed by atoms with Gasteiger partial charge in [0.2, 0.25) is 5.91 Å². The van der Waals surface area contributed by atoms with E-state index in [1.54, 1.807) is 16.5 Å². The van der Waals surface area contributed by atoms with Crippen molar-refractivity contribution in [1.82, 2.24) is 24.2 Å². The number of nitrogens with zero attached hydrogens (tertiary/aromatic N) is 5. The molecule has 0 radical (unpaired) electrons. The second-order valence-corrected chi connectivity index (χ2v) is 8.05. The van der Waals surface area contributed by atoms with Crippen molar-refractivity contribution in [2.75, 3.05) is 19.7 Å². The van der Waals surface area contributed by atoms with Gasteiger partial charge in [-0.15, -0.1) is 0 Å². The van der Waals surface area contributed by atoms with Crippen molar-refractivity contribution >= 4 is 22.9 Å². The zero-order valence-electron chi connectivity index (χ0n) is 18.4. The minimum Gasteiger partial charge on any atom is -0.466 e. The molecule has 2 aromatic heterocycles. The molecule has 1 aliphatic heterocycles. The Morgan fingerprint density at radius 2 is 2.00 bits per heavy atom. The Bertz CT molecular complexity index is 1180. The molecular weight excluding hydrogens is 410 g/mol. The fraction of sp³-hybridized carbons (Fsp3) is 0.435. The molecular formula is C23H27N5O4. The van der Waals surface area contributed by atoms with Crippen molar-refractivity contribution in [3.8, 4) is 5.69 Å². The Balaban J connectivity index is 1.45. The predicted octanol–water partition coefficient (Wildman–Crippen LogP) is 2.08. The molecule has 9 heteroatoms. The minimum atomic E-state index is -0.277. The fourth-order valence-electron chi connectivity index (χ4n) is 4.01. The summed E-state index contributed by atoms with van der Waals surface area (Å²) in [5.41, 5.74) is 2.21. The first-order valence-corrected chi connectivity index (χ1v) is 10.9. The third-order valence-electron chi connectivity index (χ3n) is 5.79. The van der Waals surface area contributed by atoms with Gasteiger partial charge in [0.25, 0.3) is 5.56 Å². The molecule has 1 aliphatic rings. The van der Waals surface area contributed by atoms with Gasteiger partial charge in [0.05, 0.1) is 30.7 Å². The maximum absolute atomic E-state index is 12.9. The molecule has 4 rings (SSSR count). The maximum Gasteiger partial charge on any atom is 0.310 e. The molecule has 1 aromatic carbocycles. The van der Waals surface area contributed by atoms with E-state index >= 15 is 0 Å². The van der Waals surface area contributed by atoms with E-state index in [0.29, 0.717) is 30.7 Å². The molecule has 32 heavy (non-hydrogen) atoms. The highest BCUT2D eigenvalue weighted by Gasteiger charge is 2.29. The largest absolute Gasteiger partial charge is 0.466 e. The first kappa shape index (κ1) is 21.7. The standard InChI is InChI=1S/C23H27N5O4/c1-3-32-23(31)17-5-4-11-26(14-17)20(29)10-12-27-15-24-21-19(22(27)30)13-25-28(21)18-8-6-16(2)7-9-18/h6-9,13,15,17H,3-5,10-12,14H2,1-2H3. The molecule has 1 unspecified atom stereocenters. The van der Waals surface area contributed by atoms with Crippen LogP contribution in [-0.2, 0) is 20.9 Å². The molecule has 9 nitrogen and oxygen atoms in total. The highest BCUT2D eigenvalue weighted by molar-refractivity contribution is 5.79. The van der Waals surface area contributed by atoms with Crippen LogP contribution in [0.2, 0.25) is 0 Å². The van der Waals surface area contributed by atoms with Gasteiger partial charge in [0, 0.05) is 26.1 Å². The van der Waals surface area contributed by atoms with Crippen molar-refractivity contribution in [2.45, 2.75) is 39.7 Å². The number of carbonyl (C=O) groups is 2. The quantitative estimate of drug-likeness (QED) is 0.548. The summed E-state index contributed by atoms with van der Waals surface area (Å²) in [6, 6.07) is 7.80. The van der Waals surface area contributed by atoms with E-state index in [4.69, 9.17) is 4.74 Å². The van der Waals surface area contributed by atoms with E-state index < -0.39 is 0 Å². The van der Waals surface area contributed by atoms with Gasteiger partial charge in [-0.1, -0.05) is 17.7 Å². The number of aromatic nitrogens is 4. The normalized spacial score (nSPS) is 16.3. The molecule has 1 atom stereocenters. The van der Waals surface area contributed by atoms with Crippen LogP contribution in [0.25, 0.3) is 16.7 Å². The number of amides is 1. The zero-order chi connectivity index (χ0) is 22.7. The van der Waals surface area contributed by atoms with Crippen LogP contribution in [0, 0.1) is 12.8 Å². The number of piperidine rings is 1. The lowest BCUT2D eigenvalue weighted by Gasteiger charge is -2.31. The Hall–Kier alpha value is -3.49. The van der Waals surface area contributed by atoms with Crippen molar-refractivity contribution in [3.05, 3.63) is 52.7 Å². The lowest BCUT2D eigenvalue weighted by Crippen LogP contribution is -2.43. The molecule has 1 amide bonds. The number of fused-ring (bicyclic) bond motifs is 1. The fourth-order valence-corrected chi connectivity index (χ4v) is 4.01. The Labute approximate surface area is 185 Å². The van der Waals surface area contributed by atoms with Crippen molar-refractivity contribution in [3.63, 3.8) is 0 Å². The number of carbonyl (C=O) groups excluding carboxylic acids is 2. The first-order chi connectivity index (χ1) is 15.5. The van der Waals surface area contributed by atoms with Gasteiger partial charge in [-0.2, -0.15) is 5.10 Å². The molecule has 0 aliphatic carbocycles. The van der Waals surface area contributed by atoms with Gasteiger partial charge < -0.3 is 9.64 Å². The van der Waals surface area contributed by atoms with E-state index in [1.807, 2.05) is 31.2 Å².